The van der Waals surface area contributed by atoms with Gasteiger partial charge in [0.2, 0.25) is 5.91 Å². The molecule has 0 spiro atoms. The minimum absolute atomic E-state index is 0.0731. The molecule has 2 heterocycles. The van der Waals surface area contributed by atoms with Gasteiger partial charge in [-0.3, -0.25) is 9.69 Å². The summed E-state index contributed by atoms with van der Waals surface area (Å²) in [6.07, 6.45) is 1.78. The van der Waals surface area contributed by atoms with Crippen molar-refractivity contribution in [3.63, 3.8) is 0 Å². The number of rotatable bonds is 6. The molecular formula is C19H28N2O4. The third-order valence-electron chi connectivity index (χ3n) is 5.11. The summed E-state index contributed by atoms with van der Waals surface area (Å²) in [7, 11) is 6.92. The van der Waals surface area contributed by atoms with Crippen LogP contribution >= 0.6 is 0 Å². The summed E-state index contributed by atoms with van der Waals surface area (Å²) in [5, 5.41) is 0. The van der Waals surface area contributed by atoms with Crippen LogP contribution in [0.5, 0.6) is 11.5 Å². The lowest BCUT2D eigenvalue weighted by Crippen LogP contribution is -2.29. The van der Waals surface area contributed by atoms with Gasteiger partial charge in [-0.25, -0.2) is 0 Å². The molecule has 2 aliphatic heterocycles. The summed E-state index contributed by atoms with van der Waals surface area (Å²) in [6.45, 7) is 2.78. The Balaban J connectivity index is 1.55. The Labute approximate surface area is 149 Å². The third kappa shape index (κ3) is 4.25. The molecule has 2 aliphatic rings. The van der Waals surface area contributed by atoms with Crippen LogP contribution in [-0.4, -0.2) is 69.3 Å². The molecule has 0 aliphatic carbocycles. The summed E-state index contributed by atoms with van der Waals surface area (Å²) in [4.78, 5) is 15.9. The smallest absolute Gasteiger partial charge is 0.224 e. The van der Waals surface area contributed by atoms with Crippen LogP contribution in [0.4, 0.5) is 0 Å². The fraction of sp³-hybridized carbons (Fsp3) is 0.632. The van der Waals surface area contributed by atoms with Crippen molar-refractivity contribution in [2.45, 2.75) is 31.6 Å². The zero-order valence-corrected chi connectivity index (χ0v) is 15.5. The summed E-state index contributed by atoms with van der Waals surface area (Å²) >= 11 is 0. The SMILES string of the molecule is COc1cc(CN2C[C@@H]3C[C@H](CC(=O)N(C)C)O[C@@H]3C2)cc(OC)c1. The van der Waals surface area contributed by atoms with Crippen molar-refractivity contribution < 1.29 is 19.0 Å². The van der Waals surface area contributed by atoms with E-state index in [-0.39, 0.29) is 18.1 Å². The normalized spacial score (nSPS) is 25.7. The van der Waals surface area contributed by atoms with Crippen LogP contribution in [0, 0.1) is 5.92 Å². The Morgan fingerprint density at radius 1 is 1.20 bits per heavy atom. The number of carbonyl (C=O) groups excluding carboxylic acids is 1. The zero-order valence-electron chi connectivity index (χ0n) is 15.5. The van der Waals surface area contributed by atoms with Gasteiger partial charge < -0.3 is 19.1 Å². The molecular weight excluding hydrogens is 320 g/mol. The van der Waals surface area contributed by atoms with E-state index in [1.807, 2.05) is 6.07 Å². The number of hydrogen-bond donors (Lipinski definition) is 0. The van der Waals surface area contributed by atoms with E-state index in [9.17, 15) is 4.79 Å². The second kappa shape index (κ2) is 7.62. The molecule has 0 unspecified atom stereocenters. The molecule has 25 heavy (non-hydrogen) atoms. The van der Waals surface area contributed by atoms with E-state index in [4.69, 9.17) is 14.2 Å². The number of methoxy groups -OCH3 is 2. The number of nitrogens with zero attached hydrogens (tertiary/aromatic N) is 2. The van der Waals surface area contributed by atoms with E-state index >= 15 is 0 Å². The van der Waals surface area contributed by atoms with Gasteiger partial charge in [0.15, 0.2) is 0 Å². The molecule has 6 heteroatoms. The highest BCUT2D eigenvalue weighted by molar-refractivity contribution is 5.76. The van der Waals surface area contributed by atoms with Crippen molar-refractivity contribution in [2.24, 2.45) is 5.92 Å². The second-order valence-corrected chi connectivity index (χ2v) is 7.20. The molecule has 2 saturated heterocycles. The number of benzene rings is 1. The number of amides is 1. The molecule has 0 bridgehead atoms. The molecule has 3 atom stereocenters. The maximum absolute atomic E-state index is 11.9. The van der Waals surface area contributed by atoms with E-state index in [1.165, 1.54) is 5.56 Å². The van der Waals surface area contributed by atoms with Gasteiger partial charge in [-0.05, 0) is 24.1 Å². The minimum Gasteiger partial charge on any atom is -0.497 e. The van der Waals surface area contributed by atoms with Crippen LogP contribution in [0.2, 0.25) is 0 Å². The highest BCUT2D eigenvalue weighted by Crippen LogP contribution is 2.35. The molecule has 2 fully saturated rings. The van der Waals surface area contributed by atoms with Crippen molar-refractivity contribution in [3.8, 4) is 11.5 Å². The Hall–Kier alpha value is -1.79. The Morgan fingerprint density at radius 2 is 1.88 bits per heavy atom. The number of likely N-dealkylation sites (tertiary alicyclic amines) is 1. The predicted molar refractivity (Wildman–Crippen MR) is 94.9 cm³/mol. The first-order chi connectivity index (χ1) is 12.0. The lowest BCUT2D eigenvalue weighted by molar-refractivity contribution is -0.131. The monoisotopic (exact) mass is 348 g/mol. The second-order valence-electron chi connectivity index (χ2n) is 7.20. The highest BCUT2D eigenvalue weighted by Gasteiger charge is 2.42. The van der Waals surface area contributed by atoms with Gasteiger partial charge in [-0.2, -0.15) is 0 Å². The lowest BCUT2D eigenvalue weighted by atomic mass is 10.0. The number of fused-ring (bicyclic) bond motifs is 1. The van der Waals surface area contributed by atoms with Crippen molar-refractivity contribution in [1.29, 1.82) is 0 Å². The quantitative estimate of drug-likeness (QED) is 0.784. The van der Waals surface area contributed by atoms with Gasteiger partial charge in [0.25, 0.3) is 0 Å². The molecule has 3 rings (SSSR count). The van der Waals surface area contributed by atoms with Crippen molar-refractivity contribution >= 4 is 5.91 Å². The summed E-state index contributed by atoms with van der Waals surface area (Å²) in [6, 6.07) is 5.99. The van der Waals surface area contributed by atoms with E-state index in [0.29, 0.717) is 12.3 Å². The highest BCUT2D eigenvalue weighted by atomic mass is 16.5. The Kier molecular flexibility index (Phi) is 5.49. The molecule has 138 valence electrons. The zero-order chi connectivity index (χ0) is 18.0. The van der Waals surface area contributed by atoms with Crippen molar-refractivity contribution in [3.05, 3.63) is 23.8 Å². The average Bonchev–Trinajstić information content (AvgIpc) is 3.11. The summed E-state index contributed by atoms with van der Waals surface area (Å²) in [5.41, 5.74) is 1.18. The maximum Gasteiger partial charge on any atom is 0.224 e. The van der Waals surface area contributed by atoms with Crippen LogP contribution in [0.25, 0.3) is 0 Å². The van der Waals surface area contributed by atoms with Gasteiger partial charge in [0.05, 0.1) is 32.8 Å². The maximum atomic E-state index is 11.9. The molecule has 0 saturated carbocycles. The van der Waals surface area contributed by atoms with Crippen LogP contribution in [-0.2, 0) is 16.1 Å². The van der Waals surface area contributed by atoms with Crippen LogP contribution in [0.1, 0.15) is 18.4 Å². The number of hydrogen-bond acceptors (Lipinski definition) is 5. The van der Waals surface area contributed by atoms with Crippen LogP contribution in [0.3, 0.4) is 0 Å². The van der Waals surface area contributed by atoms with Gasteiger partial charge in [-0.1, -0.05) is 0 Å². The number of ether oxygens (including phenoxy) is 3. The van der Waals surface area contributed by atoms with E-state index < -0.39 is 0 Å². The molecule has 1 aromatic rings. The predicted octanol–water partition coefficient (Wildman–Crippen LogP) is 1.77. The molecule has 0 aromatic heterocycles. The average molecular weight is 348 g/mol. The summed E-state index contributed by atoms with van der Waals surface area (Å²) < 4.78 is 16.8. The van der Waals surface area contributed by atoms with E-state index in [0.717, 1.165) is 37.6 Å². The topological polar surface area (TPSA) is 51.2 Å². The lowest BCUT2D eigenvalue weighted by Gasteiger charge is -2.20. The molecule has 6 nitrogen and oxygen atoms in total. The Morgan fingerprint density at radius 3 is 2.44 bits per heavy atom. The van der Waals surface area contributed by atoms with E-state index in [2.05, 4.69) is 17.0 Å². The van der Waals surface area contributed by atoms with Gasteiger partial charge >= 0.3 is 0 Å². The molecule has 1 aromatic carbocycles. The van der Waals surface area contributed by atoms with Crippen LogP contribution in [0.15, 0.2) is 18.2 Å². The Bertz CT molecular complexity index is 583. The first-order valence-corrected chi connectivity index (χ1v) is 8.78. The van der Waals surface area contributed by atoms with Gasteiger partial charge in [-0.15, -0.1) is 0 Å². The largest absolute Gasteiger partial charge is 0.497 e. The van der Waals surface area contributed by atoms with E-state index in [1.54, 1.807) is 33.2 Å². The molecule has 0 N–H and O–H groups in total. The van der Waals surface area contributed by atoms with Gasteiger partial charge in [0, 0.05) is 45.7 Å². The standard InChI is InChI=1S/C19H28N2O4/c1-20(2)19(22)9-17-7-14-11-21(12-18(14)25-17)10-13-5-15(23-3)8-16(6-13)24-4/h5-6,8,14,17-18H,7,9-12H2,1-4H3/t14-,17+,18+/m0/s1. The fourth-order valence-electron chi connectivity index (χ4n) is 3.80. The number of carbonyl (C=O) groups is 1. The first-order valence-electron chi connectivity index (χ1n) is 8.78. The minimum atomic E-state index is 0.0731. The first kappa shape index (κ1) is 18.0. The van der Waals surface area contributed by atoms with Crippen molar-refractivity contribution in [2.75, 3.05) is 41.4 Å². The van der Waals surface area contributed by atoms with Crippen LogP contribution < -0.4 is 9.47 Å². The summed E-state index contributed by atoms with van der Waals surface area (Å²) in [5.74, 6) is 2.29. The molecule has 1 amide bonds. The van der Waals surface area contributed by atoms with Gasteiger partial charge in [0.1, 0.15) is 11.5 Å². The fourth-order valence-corrected chi connectivity index (χ4v) is 3.80. The third-order valence-corrected chi connectivity index (χ3v) is 5.11. The molecule has 0 radical (unpaired) electrons. The van der Waals surface area contributed by atoms with Crippen molar-refractivity contribution in [1.82, 2.24) is 9.80 Å².